The van der Waals surface area contributed by atoms with Crippen LogP contribution in [0, 0.1) is 0 Å². The Morgan fingerprint density at radius 3 is 2.89 bits per heavy atom. The number of hydrogen-bond acceptors (Lipinski definition) is 5. The van der Waals surface area contributed by atoms with Crippen LogP contribution in [-0.2, 0) is 11.2 Å². The lowest BCUT2D eigenvalue weighted by atomic mass is 10.2. The first-order valence-corrected chi connectivity index (χ1v) is 6.54. The number of H-pyrrole nitrogens is 1. The number of amides is 2. The summed E-state index contributed by atoms with van der Waals surface area (Å²) >= 11 is 1.20. The van der Waals surface area contributed by atoms with Gasteiger partial charge in [-0.25, -0.2) is 4.98 Å². The summed E-state index contributed by atoms with van der Waals surface area (Å²) in [6, 6.07) is 0. The molecular weight excluding hydrogens is 266 g/mol. The van der Waals surface area contributed by atoms with Crippen molar-refractivity contribution >= 4 is 34.1 Å². The lowest BCUT2D eigenvalue weighted by Crippen LogP contribution is -2.14. The maximum Gasteiger partial charge on any atom is 0.276 e. The Labute approximate surface area is 113 Å². The number of carbonyl (C=O) groups is 2. The second-order valence-corrected chi connectivity index (χ2v) is 4.66. The third-order valence-electron chi connectivity index (χ3n) is 2.36. The summed E-state index contributed by atoms with van der Waals surface area (Å²) in [5.41, 5.74) is 1.18. The van der Waals surface area contributed by atoms with E-state index in [0.29, 0.717) is 10.9 Å². The van der Waals surface area contributed by atoms with Crippen LogP contribution in [0.25, 0.3) is 0 Å². The van der Waals surface area contributed by atoms with E-state index in [0.717, 1.165) is 12.0 Å². The molecule has 0 radical (unpaired) electrons. The molecule has 0 bridgehead atoms. The summed E-state index contributed by atoms with van der Waals surface area (Å²) in [5.74, 6) is 0.0107. The first-order valence-electron chi connectivity index (χ1n) is 5.67. The van der Waals surface area contributed by atoms with E-state index in [-0.39, 0.29) is 17.5 Å². The van der Waals surface area contributed by atoms with Gasteiger partial charge in [0.25, 0.3) is 5.91 Å². The quantitative estimate of drug-likeness (QED) is 0.792. The molecule has 7 nitrogen and oxygen atoms in total. The van der Waals surface area contributed by atoms with Crippen molar-refractivity contribution in [3.05, 3.63) is 22.8 Å². The molecule has 0 spiro atoms. The van der Waals surface area contributed by atoms with Crippen molar-refractivity contribution in [1.29, 1.82) is 0 Å². The maximum absolute atomic E-state index is 12.0. The number of hydrogen-bond donors (Lipinski definition) is 3. The van der Waals surface area contributed by atoms with Gasteiger partial charge in [-0.05, 0) is 6.42 Å². The predicted octanol–water partition coefficient (Wildman–Crippen LogP) is 1.64. The van der Waals surface area contributed by atoms with Crippen molar-refractivity contribution in [3.63, 3.8) is 0 Å². The van der Waals surface area contributed by atoms with Gasteiger partial charge in [-0.15, -0.1) is 11.3 Å². The monoisotopic (exact) mass is 279 g/mol. The van der Waals surface area contributed by atoms with E-state index in [2.05, 4.69) is 25.8 Å². The Kier molecular flexibility index (Phi) is 3.91. The summed E-state index contributed by atoms with van der Waals surface area (Å²) in [7, 11) is 0. The second kappa shape index (κ2) is 5.61. The van der Waals surface area contributed by atoms with E-state index in [9.17, 15) is 9.59 Å². The van der Waals surface area contributed by atoms with E-state index in [1.54, 1.807) is 11.6 Å². The van der Waals surface area contributed by atoms with Gasteiger partial charge in [0.1, 0.15) is 11.5 Å². The van der Waals surface area contributed by atoms with Gasteiger partial charge in [-0.2, -0.15) is 5.10 Å². The van der Waals surface area contributed by atoms with Gasteiger partial charge < -0.3 is 10.6 Å². The van der Waals surface area contributed by atoms with Crippen molar-refractivity contribution in [2.24, 2.45) is 0 Å². The summed E-state index contributed by atoms with van der Waals surface area (Å²) in [5, 5.41) is 13.8. The highest BCUT2D eigenvalue weighted by molar-refractivity contribution is 7.14. The Morgan fingerprint density at radius 2 is 2.21 bits per heavy atom. The fourth-order valence-electron chi connectivity index (χ4n) is 1.45. The van der Waals surface area contributed by atoms with E-state index in [1.807, 2.05) is 6.92 Å². The van der Waals surface area contributed by atoms with E-state index >= 15 is 0 Å². The number of aromatic amines is 1. The van der Waals surface area contributed by atoms with Crippen LogP contribution in [0.1, 0.15) is 29.9 Å². The first-order chi connectivity index (χ1) is 9.10. The third-order valence-corrected chi connectivity index (χ3v) is 3.11. The molecule has 0 fully saturated rings. The van der Waals surface area contributed by atoms with Crippen LogP contribution in [0.15, 0.2) is 11.6 Å². The maximum atomic E-state index is 12.0. The normalized spacial score (nSPS) is 10.2. The molecule has 2 heterocycles. The number of anilines is 2. The van der Waals surface area contributed by atoms with Crippen LogP contribution in [0.3, 0.4) is 0 Å². The number of thiazole rings is 1. The average Bonchev–Trinajstić information content (AvgIpc) is 2.97. The number of aromatic nitrogens is 3. The number of aryl methyl sites for hydroxylation is 1. The standard InChI is InChI=1S/C11H13N5O2S/c1-3-7-4-12-16-9(7)15-10(18)8-5-19-11(14-8)13-6(2)17/h4-5H,3H2,1-2H3,(H,13,14,17)(H2,12,15,16,18). The van der Waals surface area contributed by atoms with Crippen molar-refractivity contribution < 1.29 is 9.59 Å². The number of nitrogens with zero attached hydrogens (tertiary/aromatic N) is 2. The van der Waals surface area contributed by atoms with Crippen molar-refractivity contribution in [2.75, 3.05) is 10.6 Å². The van der Waals surface area contributed by atoms with Gasteiger partial charge in [-0.3, -0.25) is 14.7 Å². The molecule has 2 amide bonds. The van der Waals surface area contributed by atoms with Gasteiger partial charge in [0, 0.05) is 17.9 Å². The fraction of sp³-hybridized carbons (Fsp3) is 0.273. The fourth-order valence-corrected chi connectivity index (χ4v) is 2.19. The molecule has 19 heavy (non-hydrogen) atoms. The lowest BCUT2D eigenvalue weighted by molar-refractivity contribution is -0.114. The molecular formula is C11H13N5O2S. The lowest BCUT2D eigenvalue weighted by Gasteiger charge is -2.02. The average molecular weight is 279 g/mol. The van der Waals surface area contributed by atoms with E-state index in [4.69, 9.17) is 0 Å². The SMILES string of the molecule is CCc1cn[nH]c1NC(=O)c1csc(NC(C)=O)n1. The van der Waals surface area contributed by atoms with Crippen LogP contribution < -0.4 is 10.6 Å². The molecule has 2 aromatic heterocycles. The zero-order chi connectivity index (χ0) is 13.8. The van der Waals surface area contributed by atoms with Crippen LogP contribution in [0.5, 0.6) is 0 Å². The third kappa shape index (κ3) is 3.16. The van der Waals surface area contributed by atoms with Crippen LogP contribution in [-0.4, -0.2) is 27.0 Å². The van der Waals surface area contributed by atoms with E-state index < -0.39 is 0 Å². The minimum absolute atomic E-state index is 0.219. The zero-order valence-corrected chi connectivity index (χ0v) is 11.3. The molecule has 2 aromatic rings. The van der Waals surface area contributed by atoms with Gasteiger partial charge in [0.05, 0.1) is 6.20 Å². The van der Waals surface area contributed by atoms with Crippen LogP contribution in [0.2, 0.25) is 0 Å². The topological polar surface area (TPSA) is 99.8 Å². The Hall–Kier alpha value is -2.22. The molecule has 0 aliphatic carbocycles. The molecule has 0 saturated heterocycles. The summed E-state index contributed by atoms with van der Waals surface area (Å²) in [4.78, 5) is 26.9. The minimum atomic E-state index is -0.341. The summed E-state index contributed by atoms with van der Waals surface area (Å²) in [6.07, 6.45) is 2.43. The molecule has 8 heteroatoms. The van der Waals surface area contributed by atoms with Gasteiger partial charge in [0.2, 0.25) is 5.91 Å². The molecule has 0 aliphatic heterocycles. The molecule has 100 valence electrons. The minimum Gasteiger partial charge on any atom is -0.305 e. The predicted molar refractivity (Wildman–Crippen MR) is 72.3 cm³/mol. The van der Waals surface area contributed by atoms with E-state index in [1.165, 1.54) is 18.3 Å². The van der Waals surface area contributed by atoms with Gasteiger partial charge in [0.15, 0.2) is 5.13 Å². The Morgan fingerprint density at radius 1 is 1.42 bits per heavy atom. The van der Waals surface area contributed by atoms with Crippen LogP contribution >= 0.6 is 11.3 Å². The first kappa shape index (κ1) is 13.2. The highest BCUT2D eigenvalue weighted by atomic mass is 32.1. The number of carbonyl (C=O) groups excluding carboxylic acids is 2. The smallest absolute Gasteiger partial charge is 0.276 e. The molecule has 0 saturated carbocycles. The second-order valence-electron chi connectivity index (χ2n) is 3.80. The molecule has 3 N–H and O–H groups in total. The van der Waals surface area contributed by atoms with Crippen LogP contribution in [0.4, 0.5) is 10.9 Å². The largest absolute Gasteiger partial charge is 0.305 e. The molecule has 0 unspecified atom stereocenters. The molecule has 0 aliphatic rings. The van der Waals surface area contributed by atoms with Gasteiger partial charge >= 0.3 is 0 Å². The molecule has 2 rings (SSSR count). The highest BCUT2D eigenvalue weighted by Gasteiger charge is 2.13. The van der Waals surface area contributed by atoms with Crippen molar-refractivity contribution in [2.45, 2.75) is 20.3 Å². The molecule has 0 atom stereocenters. The summed E-state index contributed by atoms with van der Waals surface area (Å²) in [6.45, 7) is 3.36. The van der Waals surface area contributed by atoms with Crippen molar-refractivity contribution in [3.8, 4) is 0 Å². The highest BCUT2D eigenvalue weighted by Crippen LogP contribution is 2.17. The zero-order valence-electron chi connectivity index (χ0n) is 10.5. The summed E-state index contributed by atoms with van der Waals surface area (Å²) < 4.78 is 0. The van der Waals surface area contributed by atoms with Crippen molar-refractivity contribution in [1.82, 2.24) is 15.2 Å². The number of nitrogens with one attached hydrogen (secondary N) is 3. The Bertz CT molecular complexity index is 604. The number of rotatable bonds is 4. The molecule has 0 aromatic carbocycles. The van der Waals surface area contributed by atoms with Gasteiger partial charge in [-0.1, -0.05) is 6.92 Å². The Balaban J connectivity index is 2.08.